The Morgan fingerprint density at radius 3 is 2.63 bits per heavy atom. The molecule has 0 saturated carbocycles. The third-order valence-corrected chi connectivity index (χ3v) is 4.97. The van der Waals surface area contributed by atoms with Crippen LogP contribution >= 0.6 is 47.2 Å². The van der Waals surface area contributed by atoms with E-state index < -0.39 is 0 Å². The van der Waals surface area contributed by atoms with E-state index >= 15 is 0 Å². The van der Waals surface area contributed by atoms with Crippen LogP contribution in [0.25, 0.3) is 0 Å². The van der Waals surface area contributed by atoms with E-state index in [1.807, 2.05) is 19.1 Å². The van der Waals surface area contributed by atoms with E-state index in [2.05, 4.69) is 15.6 Å². The van der Waals surface area contributed by atoms with Gasteiger partial charge in [0.2, 0.25) is 0 Å². The molecular weight excluding hydrogens is 500 g/mol. The molecule has 1 aromatic rings. The number of nitrogens with zero attached hydrogens (tertiary/aromatic N) is 2. The van der Waals surface area contributed by atoms with Gasteiger partial charge in [0.25, 0.3) is 0 Å². The maximum absolute atomic E-state index is 11.2. The van der Waals surface area contributed by atoms with Gasteiger partial charge in [0.15, 0.2) is 5.96 Å². The van der Waals surface area contributed by atoms with Crippen LogP contribution in [0.5, 0.6) is 0 Å². The Labute approximate surface area is 188 Å². The summed E-state index contributed by atoms with van der Waals surface area (Å²) in [5.74, 6) is 0.812. The SMILES string of the molecule is CCNC(=NCCCc1ccc(Cl)cc1Cl)NC1CCN(C(N)=O)CC1.I. The summed E-state index contributed by atoms with van der Waals surface area (Å²) in [6.07, 6.45) is 3.50. The average Bonchev–Trinajstić information content (AvgIpc) is 2.60. The number of primary amides is 1. The number of benzene rings is 1. The zero-order valence-corrected chi connectivity index (χ0v) is 19.4. The standard InChI is InChI=1S/C18H27Cl2N5O.HI/c1-2-22-18(24-15-7-10-25(11-8-15)17(21)26)23-9-3-4-13-5-6-14(19)12-16(13)20;/h5-6,12,15H,2-4,7-11H2,1H3,(H2,21,26)(H2,22,23,24);1H. The molecule has 2 amide bonds. The van der Waals surface area contributed by atoms with Crippen molar-refractivity contribution >= 4 is 59.2 Å². The molecule has 9 heteroatoms. The van der Waals surface area contributed by atoms with Crippen LogP contribution in [0.2, 0.25) is 10.0 Å². The molecule has 0 radical (unpaired) electrons. The number of carbonyl (C=O) groups excluding carboxylic acids is 1. The van der Waals surface area contributed by atoms with Crippen molar-refractivity contribution in [3.8, 4) is 0 Å². The number of guanidine groups is 1. The lowest BCUT2D eigenvalue weighted by Crippen LogP contribution is -2.50. The fourth-order valence-electron chi connectivity index (χ4n) is 2.94. The highest BCUT2D eigenvalue weighted by molar-refractivity contribution is 14.0. The number of aliphatic imine (C=N–C) groups is 1. The summed E-state index contributed by atoms with van der Waals surface area (Å²) in [4.78, 5) is 17.5. The van der Waals surface area contributed by atoms with Gasteiger partial charge in [-0.3, -0.25) is 4.99 Å². The number of likely N-dealkylation sites (tertiary alicyclic amines) is 1. The first-order valence-corrected chi connectivity index (χ1v) is 9.78. The predicted molar refractivity (Wildman–Crippen MR) is 123 cm³/mol. The minimum absolute atomic E-state index is 0. The predicted octanol–water partition coefficient (Wildman–Crippen LogP) is 3.64. The molecule has 1 aliphatic heterocycles. The Hall–Kier alpha value is -0.930. The lowest BCUT2D eigenvalue weighted by molar-refractivity contribution is 0.188. The highest BCUT2D eigenvalue weighted by Gasteiger charge is 2.21. The van der Waals surface area contributed by atoms with Gasteiger partial charge in [-0.1, -0.05) is 29.3 Å². The summed E-state index contributed by atoms with van der Waals surface area (Å²) in [7, 11) is 0. The molecule has 1 saturated heterocycles. The molecule has 6 nitrogen and oxygen atoms in total. The number of hydrogen-bond donors (Lipinski definition) is 3. The van der Waals surface area contributed by atoms with Crippen molar-refractivity contribution in [1.29, 1.82) is 0 Å². The fourth-order valence-corrected chi connectivity index (χ4v) is 3.45. The Morgan fingerprint density at radius 2 is 2.04 bits per heavy atom. The first kappa shape index (κ1) is 24.1. The molecule has 4 N–H and O–H groups in total. The van der Waals surface area contributed by atoms with Gasteiger partial charge in [0.1, 0.15) is 0 Å². The number of nitrogens with one attached hydrogen (secondary N) is 2. The van der Waals surface area contributed by atoms with Crippen molar-refractivity contribution < 1.29 is 4.79 Å². The number of halogens is 3. The lowest BCUT2D eigenvalue weighted by atomic mass is 10.1. The molecule has 1 aliphatic rings. The number of amides is 2. The van der Waals surface area contributed by atoms with Gasteiger partial charge in [-0.15, -0.1) is 24.0 Å². The number of hydrogen-bond acceptors (Lipinski definition) is 2. The Bertz CT molecular complexity index is 636. The molecule has 0 unspecified atom stereocenters. The van der Waals surface area contributed by atoms with Crippen molar-refractivity contribution in [2.24, 2.45) is 10.7 Å². The molecule has 27 heavy (non-hydrogen) atoms. The van der Waals surface area contributed by atoms with Crippen molar-refractivity contribution in [1.82, 2.24) is 15.5 Å². The van der Waals surface area contributed by atoms with E-state index in [0.29, 0.717) is 35.7 Å². The van der Waals surface area contributed by atoms with Gasteiger partial charge < -0.3 is 21.3 Å². The quantitative estimate of drug-likeness (QED) is 0.228. The number of rotatable bonds is 6. The molecule has 1 heterocycles. The summed E-state index contributed by atoms with van der Waals surface area (Å²) < 4.78 is 0. The van der Waals surface area contributed by atoms with E-state index in [9.17, 15) is 4.79 Å². The van der Waals surface area contributed by atoms with Crippen LogP contribution in [0, 0.1) is 0 Å². The minimum Gasteiger partial charge on any atom is -0.357 e. The number of urea groups is 1. The molecule has 0 bridgehead atoms. The van der Waals surface area contributed by atoms with Gasteiger partial charge in [-0.2, -0.15) is 0 Å². The van der Waals surface area contributed by atoms with Crippen molar-refractivity contribution in [2.45, 2.75) is 38.6 Å². The Kier molecular flexibility index (Phi) is 11.2. The Morgan fingerprint density at radius 1 is 1.33 bits per heavy atom. The normalized spacial score (nSPS) is 15.2. The van der Waals surface area contributed by atoms with Crippen LogP contribution in [0.15, 0.2) is 23.2 Å². The average molecular weight is 528 g/mol. The second kappa shape index (κ2) is 12.5. The van der Waals surface area contributed by atoms with Gasteiger partial charge in [0.05, 0.1) is 0 Å². The molecule has 1 fully saturated rings. The molecule has 1 aromatic carbocycles. The fraction of sp³-hybridized carbons (Fsp3) is 0.556. The van der Waals surface area contributed by atoms with E-state index in [1.54, 1.807) is 11.0 Å². The van der Waals surface area contributed by atoms with E-state index in [0.717, 1.165) is 43.8 Å². The number of nitrogens with two attached hydrogens (primary N) is 1. The summed E-state index contributed by atoms with van der Waals surface area (Å²) in [6.45, 7) is 4.91. The monoisotopic (exact) mass is 527 g/mol. The highest BCUT2D eigenvalue weighted by atomic mass is 127. The molecule has 2 rings (SSSR count). The summed E-state index contributed by atoms with van der Waals surface area (Å²) in [5.41, 5.74) is 6.41. The maximum Gasteiger partial charge on any atom is 0.314 e. The van der Waals surface area contributed by atoms with E-state index in [1.165, 1.54) is 0 Å². The van der Waals surface area contributed by atoms with Crippen molar-refractivity contribution in [2.75, 3.05) is 26.2 Å². The summed E-state index contributed by atoms with van der Waals surface area (Å²) in [6, 6.07) is 5.55. The molecule has 0 aromatic heterocycles. The van der Waals surface area contributed by atoms with Gasteiger partial charge in [-0.25, -0.2) is 4.79 Å². The van der Waals surface area contributed by atoms with E-state index in [-0.39, 0.29) is 30.0 Å². The third-order valence-electron chi connectivity index (χ3n) is 4.38. The minimum atomic E-state index is -0.343. The maximum atomic E-state index is 11.2. The van der Waals surface area contributed by atoms with E-state index in [4.69, 9.17) is 28.9 Å². The third kappa shape index (κ3) is 8.31. The van der Waals surface area contributed by atoms with Crippen molar-refractivity contribution in [3.63, 3.8) is 0 Å². The molecule has 0 spiro atoms. The van der Waals surface area contributed by atoms with Gasteiger partial charge in [0, 0.05) is 42.3 Å². The van der Waals surface area contributed by atoms with Crippen LogP contribution in [0.1, 0.15) is 31.7 Å². The first-order chi connectivity index (χ1) is 12.5. The molecule has 0 atom stereocenters. The largest absolute Gasteiger partial charge is 0.357 e. The van der Waals surface area contributed by atoms with Crippen LogP contribution < -0.4 is 16.4 Å². The van der Waals surface area contributed by atoms with Gasteiger partial charge in [-0.05, 0) is 50.3 Å². The van der Waals surface area contributed by atoms with Gasteiger partial charge >= 0.3 is 6.03 Å². The zero-order chi connectivity index (χ0) is 18.9. The van der Waals surface area contributed by atoms with Crippen molar-refractivity contribution in [3.05, 3.63) is 33.8 Å². The number of piperidine rings is 1. The smallest absolute Gasteiger partial charge is 0.314 e. The van der Waals surface area contributed by atoms with Crippen LogP contribution in [-0.4, -0.2) is 49.1 Å². The summed E-state index contributed by atoms with van der Waals surface area (Å²) in [5, 5.41) is 8.07. The second-order valence-electron chi connectivity index (χ2n) is 6.34. The zero-order valence-electron chi connectivity index (χ0n) is 15.5. The molecule has 152 valence electrons. The number of aryl methyl sites for hydroxylation is 1. The number of carbonyl (C=O) groups is 1. The topological polar surface area (TPSA) is 82.8 Å². The first-order valence-electron chi connectivity index (χ1n) is 9.02. The van der Waals surface area contributed by atoms with Crippen LogP contribution in [-0.2, 0) is 6.42 Å². The second-order valence-corrected chi connectivity index (χ2v) is 7.19. The molecule has 0 aliphatic carbocycles. The summed E-state index contributed by atoms with van der Waals surface area (Å²) >= 11 is 12.1. The highest BCUT2D eigenvalue weighted by Crippen LogP contribution is 2.22. The van der Waals surface area contributed by atoms with Crippen LogP contribution in [0.4, 0.5) is 4.79 Å². The van der Waals surface area contributed by atoms with Crippen LogP contribution in [0.3, 0.4) is 0 Å². The molecular formula is C18H28Cl2IN5O. The Balaban J connectivity index is 0.00000364. The lowest BCUT2D eigenvalue weighted by Gasteiger charge is -2.32.